The highest BCUT2D eigenvalue weighted by Gasteiger charge is 2.61. The van der Waals surface area contributed by atoms with Crippen molar-refractivity contribution in [1.82, 2.24) is 0 Å². The molecule has 0 saturated carbocycles. The van der Waals surface area contributed by atoms with Gasteiger partial charge in [0.25, 0.3) is 0 Å². The average molecular weight is 245 g/mol. The Labute approximate surface area is 97.7 Å². The zero-order chi connectivity index (χ0) is 12.7. The van der Waals surface area contributed by atoms with Gasteiger partial charge >= 0.3 is 0 Å². The van der Waals surface area contributed by atoms with E-state index in [4.69, 9.17) is 19.7 Å². The van der Waals surface area contributed by atoms with Gasteiger partial charge in [0, 0.05) is 4.91 Å². The summed E-state index contributed by atoms with van der Waals surface area (Å²) in [7, 11) is 0. The zero-order valence-electron chi connectivity index (χ0n) is 9.61. The fraction of sp³-hybridized carbons (Fsp3) is 1.00. The van der Waals surface area contributed by atoms with Crippen LogP contribution in [0.15, 0.2) is 5.11 Å². The third-order valence-corrected chi connectivity index (χ3v) is 2.87. The van der Waals surface area contributed by atoms with Crippen LogP contribution in [0.1, 0.15) is 13.8 Å². The highest BCUT2D eigenvalue weighted by Crippen LogP contribution is 2.41. The molecule has 1 spiro atoms. The van der Waals surface area contributed by atoms with Gasteiger partial charge in [0.05, 0.1) is 12.6 Å². The molecule has 0 aliphatic carbocycles. The summed E-state index contributed by atoms with van der Waals surface area (Å²) in [5.41, 5.74) is 8.22. The Morgan fingerprint density at radius 1 is 1.47 bits per heavy atom. The van der Waals surface area contributed by atoms with Gasteiger partial charge in [0.15, 0.2) is 5.79 Å². The van der Waals surface area contributed by atoms with Crippen molar-refractivity contribution >= 4 is 0 Å². The number of aliphatic hydroxyl groups is 2. The van der Waals surface area contributed by atoms with E-state index in [2.05, 4.69) is 10.0 Å². The molecule has 0 aromatic heterocycles. The minimum Gasteiger partial charge on any atom is -0.387 e. The Balaban J connectivity index is 2.14. The third kappa shape index (κ3) is 2.11. The van der Waals surface area contributed by atoms with Gasteiger partial charge in [-0.25, -0.2) is 0 Å². The van der Waals surface area contributed by atoms with Crippen molar-refractivity contribution in [3.63, 3.8) is 0 Å². The maximum atomic E-state index is 9.94. The quantitative estimate of drug-likeness (QED) is 0.400. The van der Waals surface area contributed by atoms with Gasteiger partial charge in [-0.05, 0) is 19.4 Å². The highest BCUT2D eigenvalue weighted by atomic mass is 16.8. The Bertz CT molecular complexity index is 357. The predicted molar refractivity (Wildman–Crippen MR) is 54.7 cm³/mol. The second-order valence-corrected chi connectivity index (χ2v) is 4.61. The van der Waals surface area contributed by atoms with Crippen LogP contribution in [-0.4, -0.2) is 53.3 Å². The van der Waals surface area contributed by atoms with Crippen molar-refractivity contribution in [2.24, 2.45) is 5.11 Å². The van der Waals surface area contributed by atoms with E-state index >= 15 is 0 Å². The normalized spacial score (nSPS) is 43.9. The van der Waals surface area contributed by atoms with Gasteiger partial charge in [-0.1, -0.05) is 5.11 Å². The Morgan fingerprint density at radius 3 is 2.71 bits per heavy atom. The van der Waals surface area contributed by atoms with Crippen molar-refractivity contribution in [3.05, 3.63) is 10.4 Å². The summed E-state index contributed by atoms with van der Waals surface area (Å²) in [6.45, 7) is 3.32. The lowest BCUT2D eigenvalue weighted by Gasteiger charge is -2.27. The van der Waals surface area contributed by atoms with E-state index in [1.807, 2.05) is 0 Å². The maximum Gasteiger partial charge on any atom is 0.224 e. The first-order chi connectivity index (χ1) is 7.90. The molecule has 2 aliphatic heterocycles. The van der Waals surface area contributed by atoms with Crippen LogP contribution in [0, 0.1) is 0 Å². The summed E-state index contributed by atoms with van der Waals surface area (Å²) in [5.74, 6) is -2.26. The fourth-order valence-electron chi connectivity index (χ4n) is 2.07. The number of aliphatic hydroxyl groups excluding tert-OH is 2. The molecule has 4 atom stereocenters. The van der Waals surface area contributed by atoms with Gasteiger partial charge in [-0.3, -0.25) is 0 Å². The molecule has 96 valence electrons. The van der Waals surface area contributed by atoms with Crippen molar-refractivity contribution in [3.8, 4) is 0 Å². The second-order valence-electron chi connectivity index (χ2n) is 4.61. The number of rotatable bonds is 2. The molecule has 0 aromatic carbocycles. The third-order valence-electron chi connectivity index (χ3n) is 2.87. The van der Waals surface area contributed by atoms with E-state index in [1.54, 1.807) is 13.8 Å². The van der Waals surface area contributed by atoms with Gasteiger partial charge in [-0.15, -0.1) is 0 Å². The number of hydrogen-bond acceptors (Lipinski definition) is 6. The molecular formula is C9H15N3O5. The van der Waals surface area contributed by atoms with E-state index in [-0.39, 0.29) is 13.2 Å². The molecule has 2 fully saturated rings. The van der Waals surface area contributed by atoms with Crippen LogP contribution >= 0.6 is 0 Å². The van der Waals surface area contributed by atoms with Gasteiger partial charge in [-0.2, -0.15) is 0 Å². The molecular weight excluding hydrogens is 230 g/mol. The highest BCUT2D eigenvalue weighted by molar-refractivity contribution is 5.00. The topological polar surface area (TPSA) is 117 Å². The standard InChI is InChI=1S/C9H15N3O5/c1-8(2)15-4-9(17-8)7(14)6(13)5(16-9)3-11-12-10/h5-7,13-14H,3-4H2,1-2H3/t5?,6?,7?,9-/m0/s1. The van der Waals surface area contributed by atoms with Crippen LogP contribution < -0.4 is 0 Å². The molecule has 0 aromatic rings. The first-order valence-electron chi connectivity index (χ1n) is 5.29. The molecule has 2 saturated heterocycles. The lowest BCUT2D eigenvalue weighted by Crippen LogP contribution is -2.46. The molecule has 2 heterocycles. The Hall–Kier alpha value is -0.890. The van der Waals surface area contributed by atoms with Crippen molar-refractivity contribution in [1.29, 1.82) is 0 Å². The molecule has 8 nitrogen and oxygen atoms in total. The van der Waals surface area contributed by atoms with E-state index in [0.29, 0.717) is 0 Å². The van der Waals surface area contributed by atoms with Crippen molar-refractivity contribution < 1.29 is 24.4 Å². The van der Waals surface area contributed by atoms with Gasteiger partial charge in [0.2, 0.25) is 5.79 Å². The molecule has 0 amide bonds. The first-order valence-corrected chi connectivity index (χ1v) is 5.29. The summed E-state index contributed by atoms with van der Waals surface area (Å²) < 4.78 is 16.3. The molecule has 8 heteroatoms. The van der Waals surface area contributed by atoms with E-state index in [9.17, 15) is 10.2 Å². The Morgan fingerprint density at radius 2 is 2.18 bits per heavy atom. The van der Waals surface area contributed by atoms with E-state index < -0.39 is 29.9 Å². The largest absolute Gasteiger partial charge is 0.387 e. The minimum absolute atomic E-state index is 0.0188. The SMILES string of the molecule is CC1(C)OC[C@]2(OC(CN=[N+]=[N-])C(O)C2O)O1. The smallest absolute Gasteiger partial charge is 0.224 e. The van der Waals surface area contributed by atoms with Crippen molar-refractivity contribution in [2.45, 2.75) is 43.7 Å². The summed E-state index contributed by atoms with van der Waals surface area (Å²) in [6, 6.07) is 0. The Kier molecular flexibility index (Phi) is 3.03. The van der Waals surface area contributed by atoms with Crippen molar-refractivity contribution in [2.75, 3.05) is 13.2 Å². The van der Waals surface area contributed by atoms with Gasteiger partial charge < -0.3 is 24.4 Å². The van der Waals surface area contributed by atoms with Gasteiger partial charge in [0.1, 0.15) is 18.8 Å². The number of ether oxygens (including phenoxy) is 3. The molecule has 2 rings (SSSR count). The van der Waals surface area contributed by atoms with Crippen LogP contribution in [0.2, 0.25) is 0 Å². The lowest BCUT2D eigenvalue weighted by molar-refractivity contribution is -0.267. The van der Waals surface area contributed by atoms with Crippen LogP contribution in [0.25, 0.3) is 10.4 Å². The fourth-order valence-corrected chi connectivity index (χ4v) is 2.07. The van der Waals surface area contributed by atoms with Crippen LogP contribution in [0.5, 0.6) is 0 Å². The van der Waals surface area contributed by atoms with Crippen LogP contribution in [0.3, 0.4) is 0 Å². The molecule has 2 aliphatic rings. The monoisotopic (exact) mass is 245 g/mol. The minimum atomic E-state index is -1.38. The second kappa shape index (κ2) is 4.09. The summed E-state index contributed by atoms with van der Waals surface area (Å²) >= 11 is 0. The summed E-state index contributed by atoms with van der Waals surface area (Å²) in [4.78, 5) is 2.58. The predicted octanol–water partition coefficient (Wildman–Crippen LogP) is -0.104. The molecule has 3 unspecified atom stereocenters. The van der Waals surface area contributed by atoms with E-state index in [0.717, 1.165) is 0 Å². The van der Waals surface area contributed by atoms with Crippen LogP contribution in [0.4, 0.5) is 0 Å². The molecule has 0 radical (unpaired) electrons. The van der Waals surface area contributed by atoms with E-state index in [1.165, 1.54) is 0 Å². The molecule has 2 N–H and O–H groups in total. The molecule has 0 bridgehead atoms. The number of nitrogens with zero attached hydrogens (tertiary/aromatic N) is 3. The van der Waals surface area contributed by atoms with Crippen LogP contribution in [-0.2, 0) is 14.2 Å². The molecule has 17 heavy (non-hydrogen) atoms. The summed E-state index contributed by atoms with van der Waals surface area (Å²) in [5, 5.41) is 23.0. The maximum absolute atomic E-state index is 9.94. The first kappa shape index (κ1) is 12.6. The zero-order valence-corrected chi connectivity index (χ0v) is 9.61. The number of azide groups is 1. The number of hydrogen-bond donors (Lipinski definition) is 2. The average Bonchev–Trinajstić information content (AvgIpc) is 2.69. The summed E-state index contributed by atoms with van der Waals surface area (Å²) in [6.07, 6.45) is -3.19. The lowest BCUT2D eigenvalue weighted by atomic mass is 10.1.